The zero-order chi connectivity index (χ0) is 29.5. The molecule has 0 saturated heterocycles. The second-order valence-electron chi connectivity index (χ2n) is 11.5. The predicted octanol–water partition coefficient (Wildman–Crippen LogP) is 10.2. The Hall–Kier alpha value is -6.20. The fourth-order valence-electron chi connectivity index (χ4n) is 7.00. The first-order valence-corrected chi connectivity index (χ1v) is 15.1. The van der Waals surface area contributed by atoms with Crippen molar-refractivity contribution in [2.75, 3.05) is 0 Å². The van der Waals surface area contributed by atoms with Gasteiger partial charge in [0.15, 0.2) is 5.58 Å². The van der Waals surface area contributed by atoms with E-state index >= 15 is 0 Å². The van der Waals surface area contributed by atoms with Crippen LogP contribution in [0.4, 0.5) is 0 Å². The van der Waals surface area contributed by atoms with Crippen molar-refractivity contribution in [3.63, 3.8) is 0 Å². The number of aromatic nitrogens is 4. The minimum absolute atomic E-state index is 0.626. The van der Waals surface area contributed by atoms with E-state index in [1.54, 1.807) is 6.20 Å². The van der Waals surface area contributed by atoms with Gasteiger partial charge in [-0.1, -0.05) is 91.0 Å². The molecule has 0 amide bonds. The fourth-order valence-corrected chi connectivity index (χ4v) is 7.00. The van der Waals surface area contributed by atoms with Crippen LogP contribution in [0.25, 0.3) is 88.4 Å². The van der Waals surface area contributed by atoms with Crippen LogP contribution in [0.3, 0.4) is 0 Å². The van der Waals surface area contributed by atoms with Crippen LogP contribution in [0, 0.1) is 0 Å². The normalized spacial score (nSPS) is 12.0. The summed E-state index contributed by atoms with van der Waals surface area (Å²) >= 11 is 0. The van der Waals surface area contributed by atoms with Crippen LogP contribution in [0.15, 0.2) is 150 Å². The SMILES string of the molecule is c1cc(-c2ccc3oc4cnc(-n5c6ccccc6c6ccccc65)nc4c3c2)cc(-n2c3ccccc3c3ccccc32)c1. The Balaban J connectivity index is 1.15. The second kappa shape index (κ2) is 9.15. The summed E-state index contributed by atoms with van der Waals surface area (Å²) in [4.78, 5) is 9.89. The van der Waals surface area contributed by atoms with Gasteiger partial charge in [0, 0.05) is 32.6 Å². The molecule has 0 aliphatic carbocycles. The Bertz CT molecular complexity index is 2670. The zero-order valence-electron chi connectivity index (χ0n) is 24.1. The molecule has 4 aromatic heterocycles. The molecule has 210 valence electrons. The van der Waals surface area contributed by atoms with Gasteiger partial charge in [-0.25, -0.2) is 9.97 Å². The molecule has 0 aliphatic heterocycles. The average molecular weight is 577 g/mol. The van der Waals surface area contributed by atoms with E-state index in [1.807, 2.05) is 6.07 Å². The van der Waals surface area contributed by atoms with E-state index in [2.05, 4.69) is 143 Å². The van der Waals surface area contributed by atoms with E-state index in [1.165, 1.54) is 32.6 Å². The van der Waals surface area contributed by atoms with Crippen molar-refractivity contribution in [1.82, 2.24) is 19.1 Å². The maximum absolute atomic E-state index is 6.23. The first-order valence-electron chi connectivity index (χ1n) is 15.1. The third kappa shape index (κ3) is 3.49. The Morgan fingerprint density at radius 2 is 1.00 bits per heavy atom. The molecule has 10 rings (SSSR count). The smallest absolute Gasteiger partial charge is 0.235 e. The molecular formula is C40H24N4O. The molecule has 0 bridgehead atoms. The van der Waals surface area contributed by atoms with Crippen LogP contribution in [0.1, 0.15) is 0 Å². The summed E-state index contributed by atoms with van der Waals surface area (Å²) in [5.74, 6) is 0.626. The van der Waals surface area contributed by atoms with E-state index < -0.39 is 0 Å². The van der Waals surface area contributed by atoms with Crippen LogP contribution in [-0.2, 0) is 0 Å². The summed E-state index contributed by atoms with van der Waals surface area (Å²) < 4.78 is 10.7. The summed E-state index contributed by atoms with van der Waals surface area (Å²) in [6, 6.07) is 49.1. The number of rotatable bonds is 3. The second-order valence-corrected chi connectivity index (χ2v) is 11.5. The molecule has 0 unspecified atom stereocenters. The topological polar surface area (TPSA) is 48.8 Å². The predicted molar refractivity (Wildman–Crippen MR) is 183 cm³/mol. The molecule has 5 nitrogen and oxygen atoms in total. The molecule has 0 aliphatic rings. The van der Waals surface area contributed by atoms with Gasteiger partial charge in [0.1, 0.15) is 11.1 Å². The quantitative estimate of drug-likeness (QED) is 0.210. The van der Waals surface area contributed by atoms with Crippen molar-refractivity contribution in [3.8, 4) is 22.8 Å². The number of fused-ring (bicyclic) bond motifs is 9. The maximum Gasteiger partial charge on any atom is 0.235 e. The number of para-hydroxylation sites is 4. The summed E-state index contributed by atoms with van der Waals surface area (Å²) in [5.41, 5.74) is 10.2. The van der Waals surface area contributed by atoms with E-state index in [0.717, 1.165) is 44.3 Å². The molecule has 0 radical (unpaired) electrons. The lowest BCUT2D eigenvalue weighted by molar-refractivity contribution is 0.665. The highest BCUT2D eigenvalue weighted by molar-refractivity contribution is 6.10. The molecule has 4 heterocycles. The number of benzene rings is 6. The van der Waals surface area contributed by atoms with Crippen molar-refractivity contribution in [3.05, 3.63) is 146 Å². The van der Waals surface area contributed by atoms with Gasteiger partial charge in [-0.15, -0.1) is 0 Å². The van der Waals surface area contributed by atoms with E-state index in [4.69, 9.17) is 14.4 Å². The van der Waals surface area contributed by atoms with E-state index in [9.17, 15) is 0 Å². The molecule has 10 aromatic rings. The Morgan fingerprint density at radius 1 is 0.444 bits per heavy atom. The van der Waals surface area contributed by atoms with Crippen LogP contribution < -0.4 is 0 Å². The highest BCUT2D eigenvalue weighted by Crippen LogP contribution is 2.36. The lowest BCUT2D eigenvalue weighted by Crippen LogP contribution is -2.00. The third-order valence-corrected chi connectivity index (χ3v) is 8.99. The minimum atomic E-state index is 0.626. The summed E-state index contributed by atoms with van der Waals surface area (Å²) in [6.45, 7) is 0. The van der Waals surface area contributed by atoms with Crippen molar-refractivity contribution < 1.29 is 4.42 Å². The van der Waals surface area contributed by atoms with E-state index in [-0.39, 0.29) is 0 Å². The van der Waals surface area contributed by atoms with Crippen LogP contribution in [0.2, 0.25) is 0 Å². The number of furan rings is 1. The zero-order valence-corrected chi connectivity index (χ0v) is 24.1. The van der Waals surface area contributed by atoms with Gasteiger partial charge in [0.25, 0.3) is 0 Å². The Labute approximate surface area is 257 Å². The molecule has 0 atom stereocenters. The van der Waals surface area contributed by atoms with E-state index in [0.29, 0.717) is 11.5 Å². The van der Waals surface area contributed by atoms with Gasteiger partial charge in [0.2, 0.25) is 5.95 Å². The van der Waals surface area contributed by atoms with Gasteiger partial charge in [-0.3, -0.25) is 4.57 Å². The van der Waals surface area contributed by atoms with Gasteiger partial charge >= 0.3 is 0 Å². The summed E-state index contributed by atoms with van der Waals surface area (Å²) in [6.07, 6.45) is 1.80. The van der Waals surface area contributed by atoms with Gasteiger partial charge in [-0.2, -0.15) is 0 Å². The van der Waals surface area contributed by atoms with Crippen molar-refractivity contribution in [2.24, 2.45) is 0 Å². The minimum Gasteiger partial charge on any atom is -0.453 e. The van der Waals surface area contributed by atoms with Crippen LogP contribution >= 0.6 is 0 Å². The largest absolute Gasteiger partial charge is 0.453 e. The van der Waals surface area contributed by atoms with Gasteiger partial charge in [-0.05, 0) is 59.7 Å². The standard InChI is InChI=1S/C40H24N4O/c1-5-16-33-28(12-1)29-13-2-6-17-34(29)43(33)27-11-9-10-25(22-27)26-20-21-37-32(23-26)39-38(45-37)24-41-40(42-39)44-35-18-7-3-14-30(35)31-15-4-8-19-36(31)44/h1-24H. The molecule has 5 heteroatoms. The monoisotopic (exact) mass is 576 g/mol. The summed E-state index contributed by atoms with van der Waals surface area (Å²) in [5, 5.41) is 5.83. The highest BCUT2D eigenvalue weighted by atomic mass is 16.3. The average Bonchev–Trinajstić information content (AvgIpc) is 3.75. The molecular weight excluding hydrogens is 552 g/mol. The first-order chi connectivity index (χ1) is 22.3. The fraction of sp³-hybridized carbons (Fsp3) is 0. The van der Waals surface area contributed by atoms with Gasteiger partial charge < -0.3 is 8.98 Å². The number of hydrogen-bond acceptors (Lipinski definition) is 3. The molecule has 45 heavy (non-hydrogen) atoms. The lowest BCUT2D eigenvalue weighted by Gasteiger charge is -2.10. The first kappa shape index (κ1) is 24.3. The Kier molecular flexibility index (Phi) is 4.93. The molecule has 0 fully saturated rings. The number of nitrogens with zero attached hydrogens (tertiary/aromatic N) is 4. The van der Waals surface area contributed by atoms with Crippen molar-refractivity contribution >= 4 is 65.7 Å². The van der Waals surface area contributed by atoms with Gasteiger partial charge in [0.05, 0.1) is 28.3 Å². The third-order valence-electron chi connectivity index (χ3n) is 8.99. The molecule has 6 aromatic carbocycles. The lowest BCUT2D eigenvalue weighted by atomic mass is 10.0. The van der Waals surface area contributed by atoms with Crippen molar-refractivity contribution in [1.29, 1.82) is 0 Å². The maximum atomic E-state index is 6.23. The van der Waals surface area contributed by atoms with Crippen molar-refractivity contribution in [2.45, 2.75) is 0 Å². The summed E-state index contributed by atoms with van der Waals surface area (Å²) in [7, 11) is 0. The molecule has 0 spiro atoms. The Morgan fingerprint density at radius 3 is 1.62 bits per heavy atom. The molecule has 0 saturated carbocycles. The molecule has 0 N–H and O–H groups in total. The number of hydrogen-bond donors (Lipinski definition) is 0. The van der Waals surface area contributed by atoms with Crippen LogP contribution in [-0.4, -0.2) is 19.1 Å². The van der Waals surface area contributed by atoms with Crippen LogP contribution in [0.5, 0.6) is 0 Å². The highest BCUT2D eigenvalue weighted by Gasteiger charge is 2.17.